The number of likely N-dealkylation sites (tertiary alicyclic amines) is 1. The summed E-state index contributed by atoms with van der Waals surface area (Å²) in [7, 11) is 0. The van der Waals surface area contributed by atoms with E-state index in [-0.39, 0.29) is 17.5 Å². The molecule has 134 valence electrons. The van der Waals surface area contributed by atoms with Gasteiger partial charge in [0.1, 0.15) is 0 Å². The zero-order chi connectivity index (χ0) is 18.7. The first-order chi connectivity index (χ1) is 12.5. The Bertz CT molecular complexity index is 743. The smallest absolute Gasteiger partial charge is 0.309 e. The van der Waals surface area contributed by atoms with Gasteiger partial charge in [-0.1, -0.05) is 60.7 Å². The van der Waals surface area contributed by atoms with Crippen LogP contribution in [0.15, 0.2) is 60.7 Å². The first-order valence-corrected chi connectivity index (χ1v) is 8.82. The molecule has 0 bridgehead atoms. The number of carbonyl (C=O) groups excluding carboxylic acids is 1. The average molecular weight is 368 g/mol. The quantitative estimate of drug-likeness (QED) is 0.417. The summed E-state index contributed by atoms with van der Waals surface area (Å²) in [5, 5.41) is 17.7. The summed E-state index contributed by atoms with van der Waals surface area (Å²) in [6, 6.07) is 17.9. The van der Waals surface area contributed by atoms with Gasteiger partial charge in [0.15, 0.2) is 0 Å². The zero-order valence-corrected chi connectivity index (χ0v) is 15.0. The van der Waals surface area contributed by atoms with Crippen LogP contribution in [0.3, 0.4) is 0 Å². The number of carboxylic acids is 1. The summed E-state index contributed by atoms with van der Waals surface area (Å²) < 4.78 is 0. The maximum atomic E-state index is 13.1. The number of nitrogens with one attached hydrogen (secondary N) is 1. The molecule has 1 unspecified atom stereocenters. The van der Waals surface area contributed by atoms with Crippen molar-refractivity contribution in [1.82, 2.24) is 4.90 Å². The number of thiol groups is 1. The summed E-state index contributed by atoms with van der Waals surface area (Å²) in [5.74, 6) is -3.01. The number of benzene rings is 2. The van der Waals surface area contributed by atoms with E-state index >= 15 is 0 Å². The Morgan fingerprint density at radius 1 is 1.04 bits per heavy atom. The molecule has 5 nitrogen and oxygen atoms in total. The van der Waals surface area contributed by atoms with E-state index in [1.165, 1.54) is 4.90 Å². The van der Waals surface area contributed by atoms with Gasteiger partial charge in [0.05, 0.1) is 22.9 Å². The third-order valence-corrected chi connectivity index (χ3v) is 5.03. The van der Waals surface area contributed by atoms with E-state index in [9.17, 15) is 14.7 Å². The van der Waals surface area contributed by atoms with Gasteiger partial charge >= 0.3 is 5.97 Å². The SMILES string of the molecule is N=C(S)[C@H]1[C@H](C(=O)O)C(Cc2ccccc2)C(=O)N1Cc1ccccc1. The number of hydrogen-bond acceptors (Lipinski definition) is 3. The van der Waals surface area contributed by atoms with Crippen LogP contribution in [0.25, 0.3) is 0 Å². The number of rotatable bonds is 6. The summed E-state index contributed by atoms with van der Waals surface area (Å²) in [6.45, 7) is 0.266. The Kier molecular flexibility index (Phi) is 5.42. The van der Waals surface area contributed by atoms with Gasteiger partial charge in [0.25, 0.3) is 0 Å². The van der Waals surface area contributed by atoms with Crippen molar-refractivity contribution in [2.45, 2.75) is 19.0 Å². The molecule has 26 heavy (non-hydrogen) atoms. The molecule has 3 rings (SSSR count). The van der Waals surface area contributed by atoms with E-state index in [1.807, 2.05) is 60.7 Å². The second-order valence-electron chi connectivity index (χ2n) is 6.44. The van der Waals surface area contributed by atoms with E-state index in [1.54, 1.807) is 0 Å². The van der Waals surface area contributed by atoms with Crippen LogP contribution < -0.4 is 0 Å². The minimum Gasteiger partial charge on any atom is -0.481 e. The molecular weight excluding hydrogens is 348 g/mol. The summed E-state index contributed by atoms with van der Waals surface area (Å²) >= 11 is 4.11. The molecule has 2 aromatic rings. The summed E-state index contributed by atoms with van der Waals surface area (Å²) in [6.07, 6.45) is 0.333. The second-order valence-corrected chi connectivity index (χ2v) is 6.92. The molecule has 0 radical (unpaired) electrons. The molecule has 1 amide bonds. The van der Waals surface area contributed by atoms with Crippen LogP contribution in [0.4, 0.5) is 0 Å². The van der Waals surface area contributed by atoms with Gasteiger partial charge in [0, 0.05) is 6.54 Å². The van der Waals surface area contributed by atoms with E-state index in [2.05, 4.69) is 12.6 Å². The Balaban J connectivity index is 1.94. The first kappa shape index (κ1) is 18.2. The van der Waals surface area contributed by atoms with Gasteiger partial charge in [-0.15, -0.1) is 12.6 Å². The van der Waals surface area contributed by atoms with Crippen molar-refractivity contribution in [3.63, 3.8) is 0 Å². The van der Waals surface area contributed by atoms with Gasteiger partial charge in [-0.3, -0.25) is 15.0 Å². The lowest BCUT2D eigenvalue weighted by Gasteiger charge is -2.25. The van der Waals surface area contributed by atoms with Crippen LogP contribution in [0, 0.1) is 17.2 Å². The van der Waals surface area contributed by atoms with Crippen molar-refractivity contribution in [3.05, 3.63) is 71.8 Å². The standard InChI is InChI=1S/C20H20N2O3S/c21-18(26)17-16(20(24)25)15(11-13-7-3-1-4-8-13)19(23)22(17)12-14-9-5-2-6-10-14/h1-10,15-17H,11-12H2,(H2,21,26)(H,24,25)/t15?,16-,17-/m1/s1. The maximum Gasteiger partial charge on any atom is 0.309 e. The first-order valence-electron chi connectivity index (χ1n) is 8.37. The Morgan fingerprint density at radius 2 is 1.58 bits per heavy atom. The molecule has 0 aliphatic carbocycles. The van der Waals surface area contributed by atoms with E-state index < -0.39 is 23.8 Å². The molecular formula is C20H20N2O3S. The molecule has 1 aliphatic heterocycles. The Hall–Kier alpha value is -2.60. The normalized spacial score (nSPS) is 22.4. The van der Waals surface area contributed by atoms with Crippen molar-refractivity contribution in [1.29, 1.82) is 5.41 Å². The Morgan fingerprint density at radius 3 is 2.08 bits per heavy atom. The van der Waals surface area contributed by atoms with Crippen LogP contribution in [-0.2, 0) is 22.6 Å². The molecule has 1 fully saturated rings. The van der Waals surface area contributed by atoms with Crippen molar-refractivity contribution in [2.75, 3.05) is 0 Å². The number of aliphatic carboxylic acids is 1. The van der Waals surface area contributed by atoms with Gasteiger partial charge in [-0.2, -0.15) is 0 Å². The van der Waals surface area contributed by atoms with Crippen LogP contribution in [-0.4, -0.2) is 33.0 Å². The lowest BCUT2D eigenvalue weighted by molar-refractivity contribution is -0.144. The third kappa shape index (κ3) is 3.65. The molecule has 6 heteroatoms. The molecule has 1 aliphatic rings. The predicted octanol–water partition coefficient (Wildman–Crippen LogP) is 2.86. The molecule has 0 aromatic heterocycles. The number of hydrogen-bond donors (Lipinski definition) is 3. The van der Waals surface area contributed by atoms with Crippen LogP contribution in [0.1, 0.15) is 11.1 Å². The lowest BCUT2D eigenvalue weighted by Crippen LogP contribution is -2.41. The van der Waals surface area contributed by atoms with Crippen LogP contribution in [0.5, 0.6) is 0 Å². The molecule has 2 aromatic carbocycles. The zero-order valence-electron chi connectivity index (χ0n) is 14.1. The monoisotopic (exact) mass is 368 g/mol. The highest BCUT2D eigenvalue weighted by atomic mass is 32.1. The van der Waals surface area contributed by atoms with Gasteiger partial charge in [-0.25, -0.2) is 0 Å². The fraction of sp³-hybridized carbons (Fsp3) is 0.250. The summed E-state index contributed by atoms with van der Waals surface area (Å²) in [4.78, 5) is 26.5. The average Bonchev–Trinajstić information content (AvgIpc) is 2.90. The van der Waals surface area contributed by atoms with Crippen molar-refractivity contribution < 1.29 is 14.7 Å². The molecule has 0 saturated carbocycles. The van der Waals surface area contributed by atoms with Gasteiger partial charge in [-0.05, 0) is 17.5 Å². The molecule has 1 heterocycles. The number of carboxylic acid groups (broad SMARTS) is 1. The molecule has 0 spiro atoms. The van der Waals surface area contributed by atoms with Crippen LogP contribution in [0.2, 0.25) is 0 Å². The topological polar surface area (TPSA) is 81.5 Å². The maximum absolute atomic E-state index is 13.1. The highest BCUT2D eigenvalue weighted by Gasteiger charge is 2.52. The van der Waals surface area contributed by atoms with E-state index in [0.29, 0.717) is 6.42 Å². The minimum atomic E-state index is -1.07. The predicted molar refractivity (Wildman–Crippen MR) is 102 cm³/mol. The molecule has 3 atom stereocenters. The third-order valence-electron chi connectivity index (χ3n) is 4.77. The number of nitrogens with zero attached hydrogens (tertiary/aromatic N) is 1. The van der Waals surface area contributed by atoms with E-state index in [4.69, 9.17) is 5.41 Å². The molecule has 2 N–H and O–H groups in total. The molecule has 1 saturated heterocycles. The van der Waals surface area contributed by atoms with Gasteiger partial charge in [0.2, 0.25) is 5.91 Å². The highest BCUT2D eigenvalue weighted by molar-refractivity contribution is 7.97. The van der Waals surface area contributed by atoms with Crippen molar-refractivity contribution >= 4 is 29.5 Å². The van der Waals surface area contributed by atoms with Crippen molar-refractivity contribution in [2.24, 2.45) is 11.8 Å². The Labute approximate surface area is 157 Å². The minimum absolute atomic E-state index is 0.0998. The fourth-order valence-corrected chi connectivity index (χ4v) is 3.88. The fourth-order valence-electron chi connectivity index (χ4n) is 3.58. The highest BCUT2D eigenvalue weighted by Crippen LogP contribution is 2.36. The van der Waals surface area contributed by atoms with Crippen LogP contribution >= 0.6 is 12.6 Å². The van der Waals surface area contributed by atoms with E-state index in [0.717, 1.165) is 11.1 Å². The second kappa shape index (κ2) is 7.74. The lowest BCUT2D eigenvalue weighted by atomic mass is 9.86. The number of carbonyl (C=O) groups is 2. The number of amides is 1. The van der Waals surface area contributed by atoms with Crippen molar-refractivity contribution in [3.8, 4) is 0 Å². The van der Waals surface area contributed by atoms with Gasteiger partial charge < -0.3 is 10.0 Å². The largest absolute Gasteiger partial charge is 0.481 e. The summed E-state index contributed by atoms with van der Waals surface area (Å²) in [5.41, 5.74) is 1.80.